The van der Waals surface area contributed by atoms with Gasteiger partial charge in [-0.25, -0.2) is 0 Å². The van der Waals surface area contributed by atoms with Crippen molar-refractivity contribution in [2.24, 2.45) is 0 Å². The van der Waals surface area contributed by atoms with Crippen molar-refractivity contribution in [3.05, 3.63) is 27.7 Å². The average molecular weight is 308 g/mol. The van der Waals surface area contributed by atoms with Gasteiger partial charge in [0.15, 0.2) is 0 Å². The maximum Gasteiger partial charge on any atom is 0.138 e. The number of methoxy groups -OCH3 is 2. The molecular formula is C13H19Cl2NO3. The molecule has 4 nitrogen and oxygen atoms in total. The fourth-order valence-electron chi connectivity index (χ4n) is 1.72. The minimum Gasteiger partial charge on any atom is -0.495 e. The largest absolute Gasteiger partial charge is 0.495 e. The first kappa shape index (κ1) is 16.5. The molecule has 0 fully saturated rings. The molecule has 0 heterocycles. The molecule has 108 valence electrons. The van der Waals surface area contributed by atoms with Gasteiger partial charge in [-0.05, 0) is 11.6 Å². The van der Waals surface area contributed by atoms with E-state index in [9.17, 15) is 0 Å². The number of hydrogen-bond donors (Lipinski definition) is 1. The van der Waals surface area contributed by atoms with Crippen LogP contribution in [0, 0.1) is 0 Å². The van der Waals surface area contributed by atoms with Crippen LogP contribution in [0.4, 0.5) is 0 Å². The third-order valence-electron chi connectivity index (χ3n) is 2.74. The summed E-state index contributed by atoms with van der Waals surface area (Å²) < 4.78 is 10.2. The summed E-state index contributed by atoms with van der Waals surface area (Å²) in [5, 5.41) is 10.2. The van der Waals surface area contributed by atoms with Gasteiger partial charge in [0, 0.05) is 37.8 Å². The quantitative estimate of drug-likeness (QED) is 0.801. The monoisotopic (exact) mass is 307 g/mol. The fraction of sp³-hybridized carbons (Fsp3) is 0.538. The number of nitrogens with zero attached hydrogens (tertiary/aromatic N) is 1. The average Bonchev–Trinajstić information content (AvgIpc) is 2.39. The molecule has 1 aromatic rings. The van der Waals surface area contributed by atoms with E-state index >= 15 is 0 Å². The highest BCUT2D eigenvalue weighted by atomic mass is 35.5. The van der Waals surface area contributed by atoms with Gasteiger partial charge in [-0.1, -0.05) is 23.2 Å². The second-order valence-corrected chi connectivity index (χ2v) is 4.89. The molecular weight excluding hydrogens is 289 g/mol. The van der Waals surface area contributed by atoms with E-state index in [-0.39, 0.29) is 6.61 Å². The molecule has 0 aromatic heterocycles. The molecule has 0 spiro atoms. The molecule has 0 saturated heterocycles. The van der Waals surface area contributed by atoms with Gasteiger partial charge in [-0.2, -0.15) is 0 Å². The zero-order valence-corrected chi connectivity index (χ0v) is 12.7. The molecule has 0 aliphatic rings. The van der Waals surface area contributed by atoms with E-state index < -0.39 is 0 Å². The first-order valence-electron chi connectivity index (χ1n) is 5.96. The van der Waals surface area contributed by atoms with E-state index in [0.717, 1.165) is 12.1 Å². The summed E-state index contributed by atoms with van der Waals surface area (Å²) >= 11 is 12.3. The van der Waals surface area contributed by atoms with Gasteiger partial charge in [-0.3, -0.25) is 4.90 Å². The summed E-state index contributed by atoms with van der Waals surface area (Å²) in [7, 11) is 3.20. The van der Waals surface area contributed by atoms with Crippen LogP contribution >= 0.6 is 23.2 Å². The molecule has 0 radical (unpaired) electrons. The molecule has 0 atom stereocenters. The van der Waals surface area contributed by atoms with Crippen molar-refractivity contribution in [1.82, 2.24) is 4.90 Å². The Morgan fingerprint density at radius 3 is 2.47 bits per heavy atom. The molecule has 0 saturated carbocycles. The van der Waals surface area contributed by atoms with Crippen LogP contribution in [-0.4, -0.2) is 50.5 Å². The summed E-state index contributed by atoms with van der Waals surface area (Å²) in [5.41, 5.74) is 0.900. The van der Waals surface area contributed by atoms with Crippen molar-refractivity contribution in [3.63, 3.8) is 0 Å². The summed E-state index contributed by atoms with van der Waals surface area (Å²) in [4.78, 5) is 2.05. The lowest BCUT2D eigenvalue weighted by Crippen LogP contribution is -2.30. The Labute approximate surface area is 123 Å². The van der Waals surface area contributed by atoms with E-state index in [0.29, 0.717) is 35.5 Å². The maximum atomic E-state index is 9.06. The lowest BCUT2D eigenvalue weighted by atomic mass is 10.2. The summed E-state index contributed by atoms with van der Waals surface area (Å²) in [6.07, 6.45) is 0. The molecule has 19 heavy (non-hydrogen) atoms. The molecule has 6 heteroatoms. The number of ether oxygens (including phenoxy) is 2. The summed E-state index contributed by atoms with van der Waals surface area (Å²) in [5.74, 6) is 0.556. The van der Waals surface area contributed by atoms with Crippen molar-refractivity contribution in [2.45, 2.75) is 6.54 Å². The Kier molecular flexibility index (Phi) is 7.49. The molecule has 1 aromatic carbocycles. The SMILES string of the molecule is COCCN(CCO)Cc1cc(Cl)c(OC)cc1Cl. The van der Waals surface area contributed by atoms with Crippen LogP contribution in [-0.2, 0) is 11.3 Å². The highest BCUT2D eigenvalue weighted by molar-refractivity contribution is 6.34. The van der Waals surface area contributed by atoms with Gasteiger partial charge in [-0.15, -0.1) is 0 Å². The van der Waals surface area contributed by atoms with Gasteiger partial charge in [0.25, 0.3) is 0 Å². The predicted octanol–water partition coefficient (Wildman–Crippen LogP) is 2.44. The first-order chi connectivity index (χ1) is 9.12. The minimum absolute atomic E-state index is 0.0885. The van der Waals surface area contributed by atoms with Crippen molar-refractivity contribution < 1.29 is 14.6 Å². The second kappa shape index (κ2) is 8.61. The maximum absolute atomic E-state index is 9.06. The van der Waals surface area contributed by atoms with Crippen molar-refractivity contribution in [2.75, 3.05) is 40.5 Å². The third kappa shape index (κ3) is 5.16. The zero-order valence-electron chi connectivity index (χ0n) is 11.2. The third-order valence-corrected chi connectivity index (χ3v) is 3.39. The number of aliphatic hydroxyl groups is 1. The van der Waals surface area contributed by atoms with E-state index in [1.54, 1.807) is 26.4 Å². The Morgan fingerprint density at radius 1 is 1.16 bits per heavy atom. The van der Waals surface area contributed by atoms with E-state index in [1.807, 2.05) is 4.90 Å². The lowest BCUT2D eigenvalue weighted by molar-refractivity contribution is 0.127. The van der Waals surface area contributed by atoms with E-state index in [1.165, 1.54) is 0 Å². The summed E-state index contributed by atoms with van der Waals surface area (Å²) in [6, 6.07) is 3.49. The molecule has 0 unspecified atom stereocenters. The van der Waals surface area contributed by atoms with Crippen LogP contribution < -0.4 is 4.74 Å². The Hall–Kier alpha value is -0.520. The Bertz CT molecular complexity index is 402. The van der Waals surface area contributed by atoms with Crippen LogP contribution in [0.3, 0.4) is 0 Å². The summed E-state index contributed by atoms with van der Waals surface area (Å²) in [6.45, 7) is 2.57. The lowest BCUT2D eigenvalue weighted by Gasteiger charge is -2.22. The Balaban J connectivity index is 2.80. The van der Waals surface area contributed by atoms with Crippen molar-refractivity contribution in [1.29, 1.82) is 0 Å². The smallest absolute Gasteiger partial charge is 0.138 e. The highest BCUT2D eigenvalue weighted by Gasteiger charge is 2.11. The molecule has 0 bridgehead atoms. The van der Waals surface area contributed by atoms with E-state index in [4.69, 9.17) is 37.8 Å². The van der Waals surface area contributed by atoms with Gasteiger partial charge < -0.3 is 14.6 Å². The number of benzene rings is 1. The molecule has 0 aliphatic carbocycles. The molecule has 1 N–H and O–H groups in total. The standard InChI is InChI=1S/C13H19Cl2NO3/c1-18-6-4-16(3-5-17)9-10-7-12(15)13(19-2)8-11(10)14/h7-8,17H,3-6,9H2,1-2H3. The number of aliphatic hydroxyl groups excluding tert-OH is 1. The first-order valence-corrected chi connectivity index (χ1v) is 6.72. The van der Waals surface area contributed by atoms with Crippen LogP contribution in [0.25, 0.3) is 0 Å². The number of halogens is 2. The van der Waals surface area contributed by atoms with Gasteiger partial charge in [0.1, 0.15) is 5.75 Å². The highest BCUT2D eigenvalue weighted by Crippen LogP contribution is 2.31. The molecule has 0 aliphatic heterocycles. The van der Waals surface area contributed by atoms with Gasteiger partial charge >= 0.3 is 0 Å². The number of hydrogen-bond acceptors (Lipinski definition) is 4. The Morgan fingerprint density at radius 2 is 1.89 bits per heavy atom. The fourth-order valence-corrected chi connectivity index (χ4v) is 2.20. The van der Waals surface area contributed by atoms with Crippen molar-refractivity contribution in [3.8, 4) is 5.75 Å². The van der Waals surface area contributed by atoms with Gasteiger partial charge in [0.05, 0.1) is 25.3 Å². The topological polar surface area (TPSA) is 41.9 Å². The zero-order chi connectivity index (χ0) is 14.3. The second-order valence-electron chi connectivity index (χ2n) is 4.07. The normalized spacial score (nSPS) is 11.1. The van der Waals surface area contributed by atoms with Gasteiger partial charge in [0.2, 0.25) is 0 Å². The van der Waals surface area contributed by atoms with Crippen molar-refractivity contribution >= 4 is 23.2 Å². The minimum atomic E-state index is 0.0885. The predicted molar refractivity (Wildman–Crippen MR) is 77.3 cm³/mol. The molecule has 1 rings (SSSR count). The van der Waals surface area contributed by atoms with Crippen LogP contribution in [0.15, 0.2) is 12.1 Å². The van der Waals surface area contributed by atoms with E-state index in [2.05, 4.69) is 0 Å². The van der Waals surface area contributed by atoms with Crippen LogP contribution in [0.1, 0.15) is 5.56 Å². The van der Waals surface area contributed by atoms with Crippen LogP contribution in [0.5, 0.6) is 5.75 Å². The number of rotatable bonds is 8. The molecule has 0 amide bonds. The van der Waals surface area contributed by atoms with Crippen LogP contribution in [0.2, 0.25) is 10.0 Å².